The topological polar surface area (TPSA) is 93.1 Å². The number of hydrogen-bond acceptors (Lipinski definition) is 4. The van der Waals surface area contributed by atoms with Crippen LogP contribution in [0.1, 0.15) is 27.7 Å². The van der Waals surface area contributed by atoms with Crippen molar-refractivity contribution in [2.75, 3.05) is 0 Å². The van der Waals surface area contributed by atoms with E-state index in [1.54, 1.807) is 48.5 Å². The highest BCUT2D eigenvalue weighted by molar-refractivity contribution is 6.30. The largest absolute Gasteiger partial charge is 0.478 e. The van der Waals surface area contributed by atoms with Crippen LogP contribution in [0.5, 0.6) is 11.5 Å². The van der Waals surface area contributed by atoms with Gasteiger partial charge in [0, 0.05) is 33.1 Å². The highest BCUT2D eigenvalue weighted by Crippen LogP contribution is 2.21. The Kier molecular flexibility index (Phi) is 10.8. The summed E-state index contributed by atoms with van der Waals surface area (Å²) < 4.78 is 10.5. The van der Waals surface area contributed by atoms with Crippen LogP contribution < -0.4 is 9.47 Å². The van der Waals surface area contributed by atoms with E-state index in [-0.39, 0.29) is 23.1 Å². The fourth-order valence-electron chi connectivity index (χ4n) is 1.68. The second-order valence-corrected chi connectivity index (χ2v) is 7.62. The van der Waals surface area contributed by atoms with Gasteiger partial charge in [0.25, 0.3) is 0 Å². The van der Waals surface area contributed by atoms with Gasteiger partial charge in [-0.1, -0.05) is 23.2 Å². The number of aliphatic carboxylic acids is 2. The van der Waals surface area contributed by atoms with E-state index in [0.717, 1.165) is 0 Å². The molecule has 29 heavy (non-hydrogen) atoms. The number of carbonyl (C=O) groups is 2. The lowest BCUT2D eigenvalue weighted by Gasteiger charge is -2.21. The molecule has 0 aliphatic heterocycles. The van der Waals surface area contributed by atoms with Gasteiger partial charge >= 0.3 is 11.9 Å². The van der Waals surface area contributed by atoms with Crippen LogP contribution in [-0.2, 0) is 9.59 Å². The smallest absolute Gasteiger partial charge is 0.347 e. The van der Waals surface area contributed by atoms with Crippen LogP contribution >= 0.6 is 23.2 Å². The molecule has 2 aromatic rings. The van der Waals surface area contributed by atoms with Crippen molar-refractivity contribution in [1.29, 1.82) is 0 Å². The second kappa shape index (κ2) is 11.5. The molecule has 0 fully saturated rings. The van der Waals surface area contributed by atoms with Gasteiger partial charge in [-0.05, 0) is 76.2 Å². The maximum atomic E-state index is 10.7. The van der Waals surface area contributed by atoms with E-state index in [1.165, 1.54) is 27.7 Å². The summed E-state index contributed by atoms with van der Waals surface area (Å²) in [6.45, 7) is 5.96. The minimum Gasteiger partial charge on any atom is -0.478 e. The van der Waals surface area contributed by atoms with Crippen LogP contribution in [0.15, 0.2) is 48.5 Å². The molecule has 0 atom stereocenters. The number of rotatable bonds is 6. The van der Waals surface area contributed by atoms with E-state index in [4.69, 9.17) is 42.9 Å². The van der Waals surface area contributed by atoms with Crippen molar-refractivity contribution < 1.29 is 29.3 Å². The number of halogens is 2. The zero-order chi connectivity index (χ0) is 21.5. The molecule has 0 bridgehead atoms. The summed E-state index contributed by atoms with van der Waals surface area (Å²) in [6, 6.07) is 13.1. The molecule has 0 heterocycles. The first-order valence-corrected chi connectivity index (χ1v) is 8.95. The fraction of sp³-hybridized carbons (Fsp3) is 0.300. The summed E-state index contributed by atoms with van der Waals surface area (Å²) in [5.74, 6) is -1.04. The summed E-state index contributed by atoms with van der Waals surface area (Å²) in [5, 5.41) is 18.8. The second-order valence-electron chi connectivity index (χ2n) is 6.74. The van der Waals surface area contributed by atoms with E-state index in [9.17, 15) is 9.59 Å². The standard InChI is InChI=1S/2C10H11ClO3.Mg/c2*1-10(2,9(12)13)14-8-5-3-7(11)4-6-8;/h2*3-6H,1-2H3,(H,12,13);. The van der Waals surface area contributed by atoms with E-state index in [1.807, 2.05) is 0 Å². The van der Waals surface area contributed by atoms with Crippen molar-refractivity contribution in [1.82, 2.24) is 0 Å². The molecular formula is C20H22Cl2MgO6. The quantitative estimate of drug-likeness (QED) is 0.611. The Balaban J connectivity index is 0.000000523. The normalized spacial score (nSPS) is 10.7. The van der Waals surface area contributed by atoms with E-state index >= 15 is 0 Å². The molecule has 154 valence electrons. The Morgan fingerprint density at radius 1 is 0.690 bits per heavy atom. The third kappa shape index (κ3) is 9.58. The van der Waals surface area contributed by atoms with Crippen molar-refractivity contribution in [3.05, 3.63) is 58.6 Å². The zero-order valence-electron chi connectivity index (χ0n) is 16.6. The molecule has 0 aliphatic rings. The van der Waals surface area contributed by atoms with Crippen LogP contribution in [0.25, 0.3) is 0 Å². The van der Waals surface area contributed by atoms with Crippen molar-refractivity contribution in [2.45, 2.75) is 38.9 Å². The molecule has 0 spiro atoms. The first kappa shape index (κ1) is 27.3. The summed E-state index contributed by atoms with van der Waals surface area (Å²) in [4.78, 5) is 21.5. The molecule has 0 saturated carbocycles. The van der Waals surface area contributed by atoms with E-state index < -0.39 is 23.1 Å². The van der Waals surface area contributed by atoms with Gasteiger partial charge in [-0.25, -0.2) is 9.59 Å². The first-order chi connectivity index (χ1) is 12.8. The molecule has 9 heteroatoms. The highest BCUT2D eigenvalue weighted by Gasteiger charge is 2.29. The lowest BCUT2D eigenvalue weighted by Crippen LogP contribution is -2.37. The number of carboxylic acids is 2. The Morgan fingerprint density at radius 3 is 1.14 bits per heavy atom. The molecule has 0 unspecified atom stereocenters. The third-order valence-electron chi connectivity index (χ3n) is 3.40. The monoisotopic (exact) mass is 452 g/mol. The van der Waals surface area contributed by atoms with Crippen LogP contribution in [0, 0.1) is 0 Å². The van der Waals surface area contributed by atoms with Crippen molar-refractivity contribution >= 4 is 58.2 Å². The predicted molar refractivity (Wildman–Crippen MR) is 113 cm³/mol. The zero-order valence-corrected chi connectivity index (χ0v) is 19.5. The number of carboxylic acid groups (broad SMARTS) is 2. The van der Waals surface area contributed by atoms with Gasteiger partial charge in [0.05, 0.1) is 0 Å². The molecule has 2 radical (unpaired) electrons. The molecule has 0 aromatic heterocycles. The van der Waals surface area contributed by atoms with Crippen LogP contribution in [0.4, 0.5) is 0 Å². The SMILES string of the molecule is CC(C)(Oc1ccc(Cl)cc1)C(=O)O.CC(C)(Oc1ccc(Cl)cc1)C(=O)O.[Mg]. The molecule has 2 N–H and O–H groups in total. The lowest BCUT2D eigenvalue weighted by molar-refractivity contribution is -0.152. The summed E-state index contributed by atoms with van der Waals surface area (Å²) >= 11 is 11.3. The molecule has 0 amide bonds. The molecule has 6 nitrogen and oxygen atoms in total. The van der Waals surface area contributed by atoms with Gasteiger partial charge in [0.1, 0.15) is 11.5 Å². The molecule has 0 aliphatic carbocycles. The summed E-state index contributed by atoms with van der Waals surface area (Å²) in [6.07, 6.45) is 0. The van der Waals surface area contributed by atoms with Crippen molar-refractivity contribution in [3.63, 3.8) is 0 Å². The number of ether oxygens (including phenoxy) is 2. The Hall–Kier alpha value is -1.67. The van der Waals surface area contributed by atoms with Gasteiger partial charge in [-0.3, -0.25) is 0 Å². The van der Waals surface area contributed by atoms with Crippen molar-refractivity contribution in [2.24, 2.45) is 0 Å². The van der Waals surface area contributed by atoms with Crippen LogP contribution in [0.2, 0.25) is 10.0 Å². The maximum absolute atomic E-state index is 10.7. The Labute approximate surface area is 195 Å². The third-order valence-corrected chi connectivity index (χ3v) is 3.91. The first-order valence-electron chi connectivity index (χ1n) is 8.19. The lowest BCUT2D eigenvalue weighted by atomic mass is 10.1. The highest BCUT2D eigenvalue weighted by atomic mass is 35.5. The van der Waals surface area contributed by atoms with Crippen LogP contribution in [0.3, 0.4) is 0 Å². The van der Waals surface area contributed by atoms with E-state index in [0.29, 0.717) is 21.5 Å². The predicted octanol–water partition coefficient (Wildman–Crippen LogP) is 4.78. The van der Waals surface area contributed by atoms with Gasteiger partial charge in [0.15, 0.2) is 11.2 Å². The van der Waals surface area contributed by atoms with Gasteiger partial charge in [0.2, 0.25) is 0 Å². The summed E-state index contributed by atoms with van der Waals surface area (Å²) in [7, 11) is 0. The number of hydrogen-bond donors (Lipinski definition) is 2. The molecule has 2 rings (SSSR count). The molecule has 2 aromatic carbocycles. The number of benzene rings is 2. The Bertz CT molecular complexity index is 735. The van der Waals surface area contributed by atoms with Gasteiger partial charge in [-0.2, -0.15) is 0 Å². The minimum absolute atomic E-state index is 0. The molecular weight excluding hydrogens is 431 g/mol. The van der Waals surface area contributed by atoms with E-state index in [2.05, 4.69) is 0 Å². The average Bonchev–Trinajstić information content (AvgIpc) is 2.59. The maximum Gasteiger partial charge on any atom is 0.347 e. The molecule has 0 saturated heterocycles. The fourth-order valence-corrected chi connectivity index (χ4v) is 1.93. The minimum atomic E-state index is -1.23. The van der Waals surface area contributed by atoms with Crippen molar-refractivity contribution in [3.8, 4) is 11.5 Å². The Morgan fingerprint density at radius 2 is 0.931 bits per heavy atom. The van der Waals surface area contributed by atoms with Gasteiger partial charge < -0.3 is 19.7 Å². The summed E-state index contributed by atoms with van der Waals surface area (Å²) in [5.41, 5.74) is -2.46. The van der Waals surface area contributed by atoms with Crippen LogP contribution in [-0.4, -0.2) is 56.4 Å². The van der Waals surface area contributed by atoms with Gasteiger partial charge in [-0.15, -0.1) is 0 Å². The average molecular weight is 454 g/mol.